The molecule has 0 aliphatic carbocycles. The van der Waals surface area contributed by atoms with Crippen LogP contribution in [0.4, 0.5) is 4.39 Å². The van der Waals surface area contributed by atoms with Crippen molar-refractivity contribution in [2.45, 2.75) is 26.4 Å². The molecule has 0 radical (unpaired) electrons. The van der Waals surface area contributed by atoms with Crippen LogP contribution in [-0.4, -0.2) is 31.6 Å². The van der Waals surface area contributed by atoms with Gasteiger partial charge >= 0.3 is 0 Å². The predicted molar refractivity (Wildman–Crippen MR) is 75.1 cm³/mol. The Kier molecular flexibility index (Phi) is 5.94. The van der Waals surface area contributed by atoms with Crippen molar-refractivity contribution in [3.63, 3.8) is 0 Å². The molecule has 104 valence electrons. The molecule has 19 heavy (non-hydrogen) atoms. The first-order chi connectivity index (χ1) is 8.93. The van der Waals surface area contributed by atoms with E-state index in [4.69, 9.17) is 5.26 Å². The molecule has 1 N–H and O–H groups in total. The van der Waals surface area contributed by atoms with Crippen LogP contribution >= 0.6 is 0 Å². The molecular formula is C15H22FN3. The lowest BCUT2D eigenvalue weighted by Crippen LogP contribution is -2.41. The van der Waals surface area contributed by atoms with Crippen LogP contribution in [0.25, 0.3) is 0 Å². The van der Waals surface area contributed by atoms with E-state index < -0.39 is 0 Å². The lowest BCUT2D eigenvalue weighted by Gasteiger charge is -2.26. The summed E-state index contributed by atoms with van der Waals surface area (Å²) in [5.74, 6) is 0.172. The molecule has 1 aromatic carbocycles. The first-order valence-electron chi connectivity index (χ1n) is 6.50. The minimum absolute atomic E-state index is 0.301. The molecule has 0 spiro atoms. The number of hydrogen-bond donors (Lipinski definition) is 1. The Balaban J connectivity index is 2.74. The zero-order chi connectivity index (χ0) is 14.4. The molecule has 3 nitrogen and oxygen atoms in total. The molecule has 0 aromatic heterocycles. The van der Waals surface area contributed by atoms with Gasteiger partial charge < -0.3 is 10.2 Å². The Bertz CT molecular complexity index is 449. The fraction of sp³-hybridized carbons (Fsp3) is 0.533. The quantitative estimate of drug-likeness (QED) is 0.856. The number of hydrogen-bond acceptors (Lipinski definition) is 3. The zero-order valence-corrected chi connectivity index (χ0v) is 12.1. The van der Waals surface area contributed by atoms with E-state index in [9.17, 15) is 4.39 Å². The summed E-state index contributed by atoms with van der Waals surface area (Å²) in [5, 5.41) is 12.4. The van der Waals surface area contributed by atoms with Crippen molar-refractivity contribution in [3.8, 4) is 6.07 Å². The van der Waals surface area contributed by atoms with Crippen LogP contribution in [0, 0.1) is 23.1 Å². The number of likely N-dealkylation sites (N-methyl/N-ethyl adjacent to an activating group) is 1. The van der Waals surface area contributed by atoms with Crippen LogP contribution in [0.1, 0.15) is 25.0 Å². The van der Waals surface area contributed by atoms with Gasteiger partial charge in [0.25, 0.3) is 0 Å². The number of halogens is 1. The van der Waals surface area contributed by atoms with Crippen molar-refractivity contribution in [2.24, 2.45) is 5.92 Å². The average Bonchev–Trinajstić information content (AvgIpc) is 2.34. The summed E-state index contributed by atoms with van der Waals surface area (Å²) in [6.45, 7) is 5.72. The van der Waals surface area contributed by atoms with E-state index in [-0.39, 0.29) is 5.82 Å². The number of rotatable bonds is 6. The molecule has 1 rings (SSSR count). The number of nitriles is 1. The number of benzene rings is 1. The van der Waals surface area contributed by atoms with Gasteiger partial charge in [0.1, 0.15) is 5.82 Å². The summed E-state index contributed by atoms with van der Waals surface area (Å²) in [5.41, 5.74) is 1.24. The SMILES string of the molecule is CC(C)C(CN(C)C)NCc1cc(F)ccc1C#N. The van der Waals surface area contributed by atoms with E-state index in [0.717, 1.165) is 6.54 Å². The van der Waals surface area contributed by atoms with Gasteiger partial charge in [-0.25, -0.2) is 4.39 Å². The van der Waals surface area contributed by atoms with Gasteiger partial charge in [0.15, 0.2) is 0 Å². The van der Waals surface area contributed by atoms with E-state index >= 15 is 0 Å². The molecule has 0 saturated heterocycles. The fourth-order valence-corrected chi connectivity index (χ4v) is 1.96. The van der Waals surface area contributed by atoms with Crippen molar-refractivity contribution < 1.29 is 4.39 Å². The minimum Gasteiger partial charge on any atom is -0.308 e. The van der Waals surface area contributed by atoms with Crippen molar-refractivity contribution >= 4 is 0 Å². The smallest absolute Gasteiger partial charge is 0.123 e. The van der Waals surface area contributed by atoms with Crippen LogP contribution in [0.3, 0.4) is 0 Å². The first kappa shape index (κ1) is 15.6. The summed E-state index contributed by atoms with van der Waals surface area (Å²) >= 11 is 0. The van der Waals surface area contributed by atoms with Gasteiger partial charge in [0.05, 0.1) is 11.6 Å². The molecule has 0 heterocycles. The first-order valence-corrected chi connectivity index (χ1v) is 6.50. The highest BCUT2D eigenvalue weighted by molar-refractivity contribution is 5.37. The molecule has 4 heteroatoms. The second-order valence-electron chi connectivity index (χ2n) is 5.41. The maximum Gasteiger partial charge on any atom is 0.123 e. The van der Waals surface area contributed by atoms with Crippen LogP contribution in [0.5, 0.6) is 0 Å². The topological polar surface area (TPSA) is 39.1 Å². The molecule has 0 amide bonds. The Labute approximate surface area is 115 Å². The van der Waals surface area contributed by atoms with Crippen molar-refractivity contribution in [1.29, 1.82) is 5.26 Å². The van der Waals surface area contributed by atoms with E-state index in [1.807, 2.05) is 14.1 Å². The lowest BCUT2D eigenvalue weighted by molar-refractivity contribution is 0.288. The third-order valence-corrected chi connectivity index (χ3v) is 3.11. The Morgan fingerprint density at radius 2 is 2.05 bits per heavy atom. The van der Waals surface area contributed by atoms with E-state index in [2.05, 4.69) is 30.1 Å². The summed E-state index contributed by atoms with van der Waals surface area (Å²) in [6.07, 6.45) is 0. The number of nitrogens with zero attached hydrogens (tertiary/aromatic N) is 2. The normalized spacial score (nSPS) is 12.7. The highest BCUT2D eigenvalue weighted by Crippen LogP contribution is 2.12. The molecule has 1 aromatic rings. The van der Waals surface area contributed by atoms with Crippen LogP contribution in [-0.2, 0) is 6.54 Å². The average molecular weight is 263 g/mol. The third kappa shape index (κ3) is 4.98. The lowest BCUT2D eigenvalue weighted by atomic mass is 10.0. The molecule has 0 fully saturated rings. The fourth-order valence-electron chi connectivity index (χ4n) is 1.96. The molecular weight excluding hydrogens is 241 g/mol. The maximum atomic E-state index is 13.2. The van der Waals surface area contributed by atoms with Gasteiger partial charge in [-0.05, 0) is 43.8 Å². The second kappa shape index (κ2) is 7.22. The van der Waals surface area contributed by atoms with Crippen molar-refractivity contribution in [2.75, 3.05) is 20.6 Å². The maximum absolute atomic E-state index is 13.2. The van der Waals surface area contributed by atoms with E-state index in [0.29, 0.717) is 29.6 Å². The Morgan fingerprint density at radius 1 is 1.37 bits per heavy atom. The monoisotopic (exact) mass is 263 g/mol. The third-order valence-electron chi connectivity index (χ3n) is 3.11. The minimum atomic E-state index is -0.301. The molecule has 0 aliphatic rings. The van der Waals surface area contributed by atoms with E-state index in [1.54, 1.807) is 0 Å². The van der Waals surface area contributed by atoms with Gasteiger partial charge in [-0.3, -0.25) is 0 Å². The molecule has 0 aliphatic heterocycles. The highest BCUT2D eigenvalue weighted by Gasteiger charge is 2.14. The predicted octanol–water partition coefficient (Wildman–Crippen LogP) is 2.37. The standard InChI is InChI=1S/C15H22FN3/c1-11(2)15(10-19(3)4)18-9-13-7-14(16)6-5-12(13)8-17/h5-7,11,15,18H,9-10H2,1-4H3. The van der Waals surface area contributed by atoms with Gasteiger partial charge in [0, 0.05) is 19.1 Å². The van der Waals surface area contributed by atoms with Gasteiger partial charge in [0.2, 0.25) is 0 Å². The molecule has 0 saturated carbocycles. The highest BCUT2D eigenvalue weighted by atomic mass is 19.1. The summed E-state index contributed by atoms with van der Waals surface area (Å²) in [6, 6.07) is 6.69. The van der Waals surface area contributed by atoms with Crippen LogP contribution < -0.4 is 5.32 Å². The summed E-state index contributed by atoms with van der Waals surface area (Å²) in [7, 11) is 4.06. The Morgan fingerprint density at radius 3 is 2.58 bits per heavy atom. The van der Waals surface area contributed by atoms with Crippen LogP contribution in [0.2, 0.25) is 0 Å². The Hall–Kier alpha value is -1.44. The second-order valence-corrected chi connectivity index (χ2v) is 5.41. The number of nitrogens with one attached hydrogen (secondary N) is 1. The van der Waals surface area contributed by atoms with Gasteiger partial charge in [-0.1, -0.05) is 13.8 Å². The molecule has 0 bridgehead atoms. The summed E-state index contributed by atoms with van der Waals surface area (Å²) in [4.78, 5) is 2.12. The largest absolute Gasteiger partial charge is 0.308 e. The van der Waals surface area contributed by atoms with E-state index in [1.165, 1.54) is 18.2 Å². The van der Waals surface area contributed by atoms with Crippen molar-refractivity contribution in [1.82, 2.24) is 10.2 Å². The zero-order valence-electron chi connectivity index (χ0n) is 12.1. The van der Waals surface area contributed by atoms with Crippen LogP contribution in [0.15, 0.2) is 18.2 Å². The summed E-state index contributed by atoms with van der Waals surface area (Å²) < 4.78 is 13.2. The van der Waals surface area contributed by atoms with Crippen molar-refractivity contribution in [3.05, 3.63) is 35.1 Å². The molecule has 1 unspecified atom stereocenters. The van der Waals surface area contributed by atoms with Gasteiger partial charge in [-0.2, -0.15) is 5.26 Å². The molecule has 1 atom stereocenters. The van der Waals surface area contributed by atoms with Gasteiger partial charge in [-0.15, -0.1) is 0 Å².